The highest BCUT2D eigenvalue weighted by atomic mass is 35.5. The number of nitrogens with zero attached hydrogens (tertiary/aromatic N) is 3. The van der Waals surface area contributed by atoms with Gasteiger partial charge in [0.2, 0.25) is 5.95 Å². The monoisotopic (exact) mass is 324 g/mol. The molecule has 1 aromatic heterocycles. The third-order valence-electron chi connectivity index (χ3n) is 3.08. The third-order valence-corrected chi connectivity index (χ3v) is 3.71. The summed E-state index contributed by atoms with van der Waals surface area (Å²) in [5, 5.41) is 4.15. The fourth-order valence-electron chi connectivity index (χ4n) is 1.86. The highest BCUT2D eigenvalue weighted by Crippen LogP contribution is 2.31. The first-order chi connectivity index (χ1) is 10.1. The van der Waals surface area contributed by atoms with Crippen LogP contribution in [0.4, 0.5) is 17.5 Å². The van der Waals surface area contributed by atoms with Crippen molar-refractivity contribution in [3.63, 3.8) is 0 Å². The van der Waals surface area contributed by atoms with Gasteiger partial charge in [-0.1, -0.05) is 42.6 Å². The average molecular weight is 325 g/mol. The minimum absolute atomic E-state index is 0.478. The van der Waals surface area contributed by atoms with E-state index in [1.165, 1.54) is 0 Å². The molecule has 0 bridgehead atoms. The van der Waals surface area contributed by atoms with E-state index in [0.717, 1.165) is 25.2 Å². The lowest BCUT2D eigenvalue weighted by Crippen LogP contribution is -2.20. The van der Waals surface area contributed by atoms with E-state index in [2.05, 4.69) is 27.1 Å². The normalized spacial score (nSPS) is 10.5. The van der Waals surface area contributed by atoms with Crippen LogP contribution in [0.3, 0.4) is 0 Å². The molecule has 4 nitrogen and oxygen atoms in total. The second-order valence-corrected chi connectivity index (χ2v) is 5.55. The van der Waals surface area contributed by atoms with E-state index in [4.69, 9.17) is 23.2 Å². The average Bonchev–Trinajstić information content (AvgIpc) is 2.49. The Morgan fingerprint density at radius 1 is 1.19 bits per heavy atom. The summed E-state index contributed by atoms with van der Waals surface area (Å²) in [5.41, 5.74) is 0.620. The number of aromatic nitrogens is 2. The molecule has 0 radical (unpaired) electrons. The van der Waals surface area contributed by atoms with Crippen LogP contribution in [0.25, 0.3) is 0 Å². The minimum atomic E-state index is 0.478. The molecule has 0 unspecified atom stereocenters. The summed E-state index contributed by atoms with van der Waals surface area (Å²) in [5.74, 6) is 1.34. The highest BCUT2D eigenvalue weighted by Gasteiger charge is 2.09. The molecule has 0 fully saturated rings. The summed E-state index contributed by atoms with van der Waals surface area (Å²) in [7, 11) is 2.02. The van der Waals surface area contributed by atoms with Crippen molar-refractivity contribution in [2.75, 3.05) is 23.8 Å². The number of hydrogen-bond acceptors (Lipinski definition) is 4. The van der Waals surface area contributed by atoms with Crippen LogP contribution < -0.4 is 10.2 Å². The van der Waals surface area contributed by atoms with Crippen molar-refractivity contribution in [3.8, 4) is 0 Å². The quantitative estimate of drug-likeness (QED) is 0.831. The molecule has 0 aliphatic rings. The molecule has 0 aliphatic heterocycles. The molecule has 1 aromatic carbocycles. The summed E-state index contributed by atoms with van der Waals surface area (Å²) in [6, 6.07) is 7.22. The van der Waals surface area contributed by atoms with Gasteiger partial charge in [0.25, 0.3) is 0 Å². The molecule has 6 heteroatoms. The maximum absolute atomic E-state index is 6.14. The molecule has 1 heterocycles. The van der Waals surface area contributed by atoms with Gasteiger partial charge in [0, 0.05) is 19.8 Å². The second kappa shape index (κ2) is 7.48. The van der Waals surface area contributed by atoms with Gasteiger partial charge in [-0.15, -0.1) is 0 Å². The number of nitrogens with one attached hydrogen (secondary N) is 1. The molecule has 21 heavy (non-hydrogen) atoms. The van der Waals surface area contributed by atoms with E-state index in [9.17, 15) is 0 Å². The third kappa shape index (κ3) is 4.22. The number of hydrogen-bond donors (Lipinski definition) is 1. The molecular weight excluding hydrogens is 307 g/mol. The Morgan fingerprint density at radius 3 is 2.57 bits per heavy atom. The zero-order valence-electron chi connectivity index (χ0n) is 12.1. The highest BCUT2D eigenvalue weighted by molar-refractivity contribution is 6.39. The SMILES string of the molecule is CCCCN(C)c1ccnc(Nc2c(Cl)cccc2Cl)n1. The van der Waals surface area contributed by atoms with E-state index in [-0.39, 0.29) is 0 Å². The fraction of sp³-hybridized carbons (Fsp3) is 0.333. The minimum Gasteiger partial charge on any atom is -0.360 e. The van der Waals surface area contributed by atoms with Crippen LogP contribution in [0.5, 0.6) is 0 Å². The standard InChI is InChI=1S/C15H18Cl2N4/c1-3-4-10-21(2)13-8-9-18-15(19-13)20-14-11(16)6-5-7-12(14)17/h5-9H,3-4,10H2,1-2H3,(H,18,19,20). The Balaban J connectivity index is 2.18. The van der Waals surface area contributed by atoms with Crippen molar-refractivity contribution in [2.45, 2.75) is 19.8 Å². The molecule has 0 aliphatic carbocycles. The van der Waals surface area contributed by atoms with E-state index in [1.54, 1.807) is 24.4 Å². The van der Waals surface area contributed by atoms with Crippen LogP contribution in [0.1, 0.15) is 19.8 Å². The van der Waals surface area contributed by atoms with Gasteiger partial charge in [-0.2, -0.15) is 4.98 Å². The molecule has 2 rings (SSSR count). The largest absolute Gasteiger partial charge is 0.360 e. The van der Waals surface area contributed by atoms with E-state index in [0.29, 0.717) is 21.7 Å². The predicted octanol–water partition coefficient (Wildman–Crippen LogP) is 4.76. The van der Waals surface area contributed by atoms with Gasteiger partial charge in [0.05, 0.1) is 15.7 Å². The lowest BCUT2D eigenvalue weighted by atomic mass is 10.3. The van der Waals surface area contributed by atoms with Gasteiger partial charge in [0.1, 0.15) is 5.82 Å². The molecule has 0 saturated carbocycles. The van der Waals surface area contributed by atoms with Crippen molar-refractivity contribution in [3.05, 3.63) is 40.5 Å². The van der Waals surface area contributed by atoms with Gasteiger partial charge in [-0.3, -0.25) is 0 Å². The number of benzene rings is 1. The van der Waals surface area contributed by atoms with Crippen LogP contribution in [0.2, 0.25) is 10.0 Å². The maximum Gasteiger partial charge on any atom is 0.229 e. The number of rotatable bonds is 6. The van der Waals surface area contributed by atoms with E-state index < -0.39 is 0 Å². The van der Waals surface area contributed by atoms with Crippen LogP contribution in [-0.4, -0.2) is 23.6 Å². The zero-order chi connectivity index (χ0) is 15.2. The molecular formula is C15H18Cl2N4. The van der Waals surface area contributed by atoms with E-state index >= 15 is 0 Å². The van der Waals surface area contributed by atoms with Crippen molar-refractivity contribution >= 4 is 40.7 Å². The molecule has 1 N–H and O–H groups in total. The summed E-state index contributed by atoms with van der Waals surface area (Å²) >= 11 is 12.3. The lowest BCUT2D eigenvalue weighted by molar-refractivity contribution is 0.759. The number of para-hydroxylation sites is 1. The first-order valence-electron chi connectivity index (χ1n) is 6.87. The summed E-state index contributed by atoms with van der Waals surface area (Å²) < 4.78 is 0. The smallest absolute Gasteiger partial charge is 0.229 e. The van der Waals surface area contributed by atoms with Crippen molar-refractivity contribution < 1.29 is 0 Å². The molecule has 0 atom stereocenters. The van der Waals surface area contributed by atoms with Gasteiger partial charge in [0.15, 0.2) is 0 Å². The number of unbranched alkanes of at least 4 members (excludes halogenated alkanes) is 1. The van der Waals surface area contributed by atoms with Gasteiger partial charge < -0.3 is 10.2 Å². The lowest BCUT2D eigenvalue weighted by Gasteiger charge is -2.18. The van der Waals surface area contributed by atoms with Crippen molar-refractivity contribution in [1.82, 2.24) is 9.97 Å². The van der Waals surface area contributed by atoms with Gasteiger partial charge in [-0.25, -0.2) is 4.98 Å². The van der Waals surface area contributed by atoms with Crippen LogP contribution >= 0.6 is 23.2 Å². The Morgan fingerprint density at radius 2 is 1.90 bits per heavy atom. The molecule has 0 saturated heterocycles. The Labute approximate surface area is 135 Å². The van der Waals surface area contributed by atoms with Crippen molar-refractivity contribution in [2.24, 2.45) is 0 Å². The second-order valence-electron chi connectivity index (χ2n) is 4.74. The number of anilines is 3. The Hall–Kier alpha value is -1.52. The van der Waals surface area contributed by atoms with E-state index in [1.807, 2.05) is 13.1 Å². The van der Waals surface area contributed by atoms with Crippen LogP contribution in [0, 0.1) is 0 Å². The zero-order valence-corrected chi connectivity index (χ0v) is 13.6. The molecule has 2 aromatic rings. The first-order valence-corrected chi connectivity index (χ1v) is 7.62. The maximum atomic E-state index is 6.14. The molecule has 0 spiro atoms. The fourth-order valence-corrected chi connectivity index (χ4v) is 2.35. The Kier molecular flexibility index (Phi) is 5.65. The van der Waals surface area contributed by atoms with Crippen molar-refractivity contribution in [1.29, 1.82) is 0 Å². The molecule has 0 amide bonds. The topological polar surface area (TPSA) is 41.1 Å². The molecule has 112 valence electrons. The van der Waals surface area contributed by atoms with Gasteiger partial charge in [-0.05, 0) is 24.6 Å². The van der Waals surface area contributed by atoms with Gasteiger partial charge >= 0.3 is 0 Å². The first kappa shape index (κ1) is 15.9. The summed E-state index contributed by atoms with van der Waals surface area (Å²) in [4.78, 5) is 10.8. The number of halogens is 2. The summed E-state index contributed by atoms with van der Waals surface area (Å²) in [6.07, 6.45) is 3.99. The van der Waals surface area contributed by atoms with Crippen LogP contribution in [0.15, 0.2) is 30.5 Å². The predicted molar refractivity (Wildman–Crippen MR) is 90.0 cm³/mol. The Bertz CT molecular complexity index is 584. The summed E-state index contributed by atoms with van der Waals surface area (Å²) in [6.45, 7) is 3.13. The van der Waals surface area contributed by atoms with Crippen LogP contribution in [-0.2, 0) is 0 Å².